The van der Waals surface area contributed by atoms with Crippen molar-refractivity contribution in [1.29, 1.82) is 0 Å². The SMILES string of the molecule is CCC[C@H]1[C@H](CN)c2ccccc2C(=O)N1CC. The smallest absolute Gasteiger partial charge is 0.254 e. The van der Waals surface area contributed by atoms with Gasteiger partial charge in [-0.25, -0.2) is 0 Å². The fourth-order valence-corrected chi connectivity index (χ4v) is 3.06. The highest BCUT2D eigenvalue weighted by molar-refractivity contribution is 5.97. The quantitative estimate of drug-likeness (QED) is 0.886. The Morgan fingerprint density at radius 2 is 2.00 bits per heavy atom. The maximum atomic E-state index is 12.5. The molecule has 98 valence electrons. The van der Waals surface area contributed by atoms with Crippen LogP contribution in [0.1, 0.15) is 48.5 Å². The summed E-state index contributed by atoms with van der Waals surface area (Å²) >= 11 is 0. The molecule has 1 aliphatic heterocycles. The highest BCUT2D eigenvalue weighted by Crippen LogP contribution is 2.34. The van der Waals surface area contributed by atoms with Gasteiger partial charge in [-0.2, -0.15) is 0 Å². The van der Waals surface area contributed by atoms with Gasteiger partial charge in [0.05, 0.1) is 0 Å². The van der Waals surface area contributed by atoms with E-state index in [1.54, 1.807) is 0 Å². The van der Waals surface area contributed by atoms with Crippen molar-refractivity contribution in [2.75, 3.05) is 13.1 Å². The van der Waals surface area contributed by atoms with Crippen molar-refractivity contribution in [2.24, 2.45) is 5.73 Å². The Kier molecular flexibility index (Phi) is 4.02. The molecule has 0 spiro atoms. The molecule has 3 heteroatoms. The zero-order valence-electron chi connectivity index (χ0n) is 11.2. The molecule has 0 unspecified atom stereocenters. The number of carbonyl (C=O) groups excluding carboxylic acids is 1. The van der Waals surface area contributed by atoms with Crippen molar-refractivity contribution in [2.45, 2.75) is 38.6 Å². The molecule has 0 radical (unpaired) electrons. The number of rotatable bonds is 4. The standard InChI is InChI=1S/C15H22N2O/c1-3-7-14-13(10-16)11-8-5-6-9-12(11)15(18)17(14)4-2/h5-6,8-9,13-14H,3-4,7,10,16H2,1-2H3/t13-,14+/m1/s1. The minimum absolute atomic E-state index is 0.163. The van der Waals surface area contributed by atoms with Crippen molar-refractivity contribution in [3.8, 4) is 0 Å². The van der Waals surface area contributed by atoms with Gasteiger partial charge in [0.15, 0.2) is 0 Å². The van der Waals surface area contributed by atoms with Crippen LogP contribution in [0.25, 0.3) is 0 Å². The van der Waals surface area contributed by atoms with Crippen LogP contribution in [0.2, 0.25) is 0 Å². The van der Waals surface area contributed by atoms with Gasteiger partial charge < -0.3 is 10.6 Å². The lowest BCUT2D eigenvalue weighted by Gasteiger charge is -2.41. The molecule has 1 amide bonds. The zero-order chi connectivity index (χ0) is 13.1. The second-order valence-electron chi connectivity index (χ2n) is 4.88. The van der Waals surface area contributed by atoms with Crippen LogP contribution in [0.4, 0.5) is 0 Å². The highest BCUT2D eigenvalue weighted by atomic mass is 16.2. The predicted octanol–water partition coefficient (Wildman–Crippen LogP) is 2.37. The van der Waals surface area contributed by atoms with E-state index in [1.807, 2.05) is 30.0 Å². The first kappa shape index (κ1) is 13.1. The first-order chi connectivity index (χ1) is 8.74. The summed E-state index contributed by atoms with van der Waals surface area (Å²) in [5.74, 6) is 0.440. The van der Waals surface area contributed by atoms with E-state index in [9.17, 15) is 4.79 Å². The molecule has 0 aromatic heterocycles. The van der Waals surface area contributed by atoms with Crippen molar-refractivity contribution >= 4 is 5.91 Å². The number of amides is 1. The van der Waals surface area contributed by atoms with Gasteiger partial charge in [-0.05, 0) is 25.0 Å². The molecule has 1 heterocycles. The average molecular weight is 246 g/mol. The molecule has 1 aromatic rings. The summed E-state index contributed by atoms with van der Waals surface area (Å²) in [5.41, 5.74) is 7.93. The predicted molar refractivity (Wildman–Crippen MR) is 73.6 cm³/mol. The molecule has 2 atom stereocenters. The Bertz CT molecular complexity index is 430. The lowest BCUT2D eigenvalue weighted by molar-refractivity contribution is 0.0614. The van der Waals surface area contributed by atoms with E-state index in [1.165, 1.54) is 0 Å². The molecule has 2 rings (SSSR count). The number of carbonyl (C=O) groups is 1. The Morgan fingerprint density at radius 3 is 2.61 bits per heavy atom. The van der Waals surface area contributed by atoms with Crippen LogP contribution in [0.5, 0.6) is 0 Å². The Hall–Kier alpha value is -1.35. The average Bonchev–Trinajstić information content (AvgIpc) is 2.40. The lowest BCUT2D eigenvalue weighted by Crippen LogP contribution is -2.49. The van der Waals surface area contributed by atoms with Crippen LogP contribution in [-0.4, -0.2) is 29.9 Å². The monoisotopic (exact) mass is 246 g/mol. The topological polar surface area (TPSA) is 46.3 Å². The van der Waals surface area contributed by atoms with Gasteiger partial charge in [-0.15, -0.1) is 0 Å². The summed E-state index contributed by atoms with van der Waals surface area (Å²) in [5, 5.41) is 0. The zero-order valence-corrected chi connectivity index (χ0v) is 11.2. The molecular formula is C15H22N2O. The fraction of sp³-hybridized carbons (Fsp3) is 0.533. The minimum Gasteiger partial charge on any atom is -0.335 e. The van der Waals surface area contributed by atoms with Crippen molar-refractivity contribution < 1.29 is 4.79 Å². The van der Waals surface area contributed by atoms with Crippen LogP contribution >= 0.6 is 0 Å². The summed E-state index contributed by atoms with van der Waals surface area (Å²) in [6, 6.07) is 8.16. The molecule has 0 aliphatic carbocycles. The van der Waals surface area contributed by atoms with E-state index in [4.69, 9.17) is 5.73 Å². The van der Waals surface area contributed by atoms with Gasteiger partial charge in [0.2, 0.25) is 0 Å². The van der Waals surface area contributed by atoms with E-state index in [0.29, 0.717) is 6.54 Å². The summed E-state index contributed by atoms with van der Waals surface area (Å²) in [6.07, 6.45) is 2.10. The number of fused-ring (bicyclic) bond motifs is 1. The second-order valence-corrected chi connectivity index (χ2v) is 4.88. The van der Waals surface area contributed by atoms with Crippen molar-refractivity contribution in [3.63, 3.8) is 0 Å². The molecule has 1 aliphatic rings. The molecule has 18 heavy (non-hydrogen) atoms. The lowest BCUT2D eigenvalue weighted by atomic mass is 9.81. The van der Waals surface area contributed by atoms with Crippen molar-refractivity contribution in [1.82, 2.24) is 4.90 Å². The van der Waals surface area contributed by atoms with Crippen LogP contribution in [0.15, 0.2) is 24.3 Å². The maximum absolute atomic E-state index is 12.5. The summed E-state index contributed by atoms with van der Waals surface area (Å²) in [6.45, 7) is 5.56. The maximum Gasteiger partial charge on any atom is 0.254 e. The molecule has 2 N–H and O–H groups in total. The van der Waals surface area contributed by atoms with Gasteiger partial charge in [0.1, 0.15) is 0 Å². The minimum atomic E-state index is 0.163. The van der Waals surface area contributed by atoms with E-state index in [2.05, 4.69) is 13.0 Å². The van der Waals surface area contributed by atoms with Crippen LogP contribution in [-0.2, 0) is 0 Å². The number of likely N-dealkylation sites (N-methyl/N-ethyl adjacent to an activating group) is 1. The molecule has 0 saturated heterocycles. The number of benzene rings is 1. The second kappa shape index (κ2) is 5.53. The Labute approximate surface area is 109 Å². The number of nitrogens with zero attached hydrogens (tertiary/aromatic N) is 1. The highest BCUT2D eigenvalue weighted by Gasteiger charge is 2.37. The van der Waals surface area contributed by atoms with E-state index in [-0.39, 0.29) is 17.9 Å². The van der Waals surface area contributed by atoms with Gasteiger partial charge >= 0.3 is 0 Å². The molecular weight excluding hydrogens is 224 g/mol. The molecule has 0 bridgehead atoms. The Morgan fingerprint density at radius 1 is 1.28 bits per heavy atom. The first-order valence-corrected chi connectivity index (χ1v) is 6.84. The first-order valence-electron chi connectivity index (χ1n) is 6.84. The Balaban J connectivity index is 2.47. The van der Waals surface area contributed by atoms with E-state index < -0.39 is 0 Å². The van der Waals surface area contributed by atoms with E-state index in [0.717, 1.165) is 30.5 Å². The molecule has 0 fully saturated rings. The third kappa shape index (κ3) is 2.03. The summed E-state index contributed by atoms with van der Waals surface area (Å²) < 4.78 is 0. The number of hydrogen-bond acceptors (Lipinski definition) is 2. The van der Waals surface area contributed by atoms with Gasteiger partial charge in [-0.3, -0.25) is 4.79 Å². The molecule has 3 nitrogen and oxygen atoms in total. The normalized spacial score (nSPS) is 23.1. The number of hydrogen-bond donors (Lipinski definition) is 1. The van der Waals surface area contributed by atoms with Gasteiger partial charge in [0, 0.05) is 30.6 Å². The molecule has 0 saturated carbocycles. The van der Waals surface area contributed by atoms with Crippen molar-refractivity contribution in [3.05, 3.63) is 35.4 Å². The van der Waals surface area contributed by atoms with E-state index >= 15 is 0 Å². The summed E-state index contributed by atoms with van der Waals surface area (Å²) in [7, 11) is 0. The van der Waals surface area contributed by atoms with Gasteiger partial charge in [-0.1, -0.05) is 31.5 Å². The molecule has 1 aromatic carbocycles. The third-order valence-corrected chi connectivity index (χ3v) is 3.90. The number of nitrogens with two attached hydrogens (primary N) is 1. The largest absolute Gasteiger partial charge is 0.335 e. The summed E-state index contributed by atoms with van der Waals surface area (Å²) in [4.78, 5) is 14.5. The fourth-order valence-electron chi connectivity index (χ4n) is 3.06. The van der Waals surface area contributed by atoms with Crippen LogP contribution < -0.4 is 5.73 Å². The van der Waals surface area contributed by atoms with Gasteiger partial charge in [0.25, 0.3) is 5.91 Å². The van der Waals surface area contributed by atoms with Crippen LogP contribution in [0, 0.1) is 0 Å². The third-order valence-electron chi connectivity index (χ3n) is 3.90. The van der Waals surface area contributed by atoms with Crippen LogP contribution in [0.3, 0.4) is 0 Å².